The van der Waals surface area contributed by atoms with Crippen LogP contribution in [-0.2, 0) is 4.79 Å². The average Bonchev–Trinajstić information content (AvgIpc) is 2.79. The number of ketones is 1. The van der Waals surface area contributed by atoms with Crippen molar-refractivity contribution in [2.75, 3.05) is 20.2 Å². The number of carboxylic acid groups (broad SMARTS) is 1. The monoisotopic (exact) mass is 317 g/mol. The summed E-state index contributed by atoms with van der Waals surface area (Å²) in [4.78, 5) is 25.2. The van der Waals surface area contributed by atoms with Crippen LogP contribution in [0.5, 0.6) is 5.75 Å². The van der Waals surface area contributed by atoms with Crippen LogP contribution in [0, 0.1) is 5.41 Å². The summed E-state index contributed by atoms with van der Waals surface area (Å²) < 4.78 is 5.09. The van der Waals surface area contributed by atoms with Crippen LogP contribution in [0.3, 0.4) is 0 Å². The Morgan fingerprint density at radius 3 is 2.52 bits per heavy atom. The van der Waals surface area contributed by atoms with E-state index in [-0.39, 0.29) is 17.6 Å². The molecule has 23 heavy (non-hydrogen) atoms. The zero-order valence-corrected chi connectivity index (χ0v) is 13.8. The Morgan fingerprint density at radius 1 is 1.30 bits per heavy atom. The molecule has 0 saturated carbocycles. The fourth-order valence-corrected chi connectivity index (χ4v) is 2.86. The summed E-state index contributed by atoms with van der Waals surface area (Å²) in [6.07, 6.45) is 2.48. The first kappa shape index (κ1) is 17.1. The summed E-state index contributed by atoms with van der Waals surface area (Å²) >= 11 is 0. The van der Waals surface area contributed by atoms with E-state index < -0.39 is 5.97 Å². The number of hydrogen-bond acceptors (Lipinski definition) is 4. The number of carboxylic acids is 1. The molecule has 0 aliphatic carbocycles. The molecule has 5 nitrogen and oxygen atoms in total. The molecule has 2 rings (SSSR count). The summed E-state index contributed by atoms with van der Waals surface area (Å²) in [7, 11) is 1.58. The van der Waals surface area contributed by atoms with Crippen LogP contribution in [-0.4, -0.2) is 42.0 Å². The summed E-state index contributed by atoms with van der Waals surface area (Å²) in [5.74, 6) is -0.185. The summed E-state index contributed by atoms with van der Waals surface area (Å²) in [6.45, 7) is 5.45. The summed E-state index contributed by atoms with van der Waals surface area (Å²) in [5.41, 5.74) is 1.56. The third-order valence-corrected chi connectivity index (χ3v) is 3.95. The van der Waals surface area contributed by atoms with Crippen LogP contribution in [0.15, 0.2) is 36.0 Å². The second kappa shape index (κ2) is 6.86. The van der Waals surface area contributed by atoms with E-state index in [4.69, 9.17) is 9.84 Å². The number of carbonyl (C=O) groups is 2. The van der Waals surface area contributed by atoms with Gasteiger partial charge in [0.25, 0.3) is 0 Å². The Kier molecular flexibility index (Phi) is 5.08. The zero-order valence-electron chi connectivity index (χ0n) is 13.8. The van der Waals surface area contributed by atoms with E-state index >= 15 is 0 Å². The van der Waals surface area contributed by atoms with Crippen LogP contribution >= 0.6 is 0 Å². The molecule has 0 amide bonds. The van der Waals surface area contributed by atoms with E-state index in [1.165, 1.54) is 0 Å². The highest BCUT2D eigenvalue weighted by Crippen LogP contribution is 2.36. The molecular weight excluding hydrogens is 294 g/mol. The summed E-state index contributed by atoms with van der Waals surface area (Å²) in [6, 6.07) is 6.98. The molecule has 1 aliphatic rings. The van der Waals surface area contributed by atoms with Gasteiger partial charge in [-0.05, 0) is 36.1 Å². The molecule has 1 aromatic carbocycles. The Balaban J connectivity index is 2.16. The van der Waals surface area contributed by atoms with Gasteiger partial charge in [0.15, 0.2) is 5.78 Å². The van der Waals surface area contributed by atoms with E-state index in [1.807, 2.05) is 4.90 Å². The first-order chi connectivity index (χ1) is 10.8. The highest BCUT2D eigenvalue weighted by Gasteiger charge is 2.33. The minimum Gasteiger partial charge on any atom is -0.497 e. The number of carbonyl (C=O) groups excluding carboxylic acids is 1. The molecular formula is C18H23NO4. The van der Waals surface area contributed by atoms with Gasteiger partial charge in [-0.15, -0.1) is 0 Å². The minimum atomic E-state index is -0.824. The largest absolute Gasteiger partial charge is 0.497 e. The zero-order chi connectivity index (χ0) is 17.0. The first-order valence-corrected chi connectivity index (χ1v) is 7.66. The predicted octanol–water partition coefficient (Wildman–Crippen LogP) is 2.97. The normalized spacial score (nSPS) is 18.2. The lowest BCUT2D eigenvalue weighted by Gasteiger charge is -2.21. The molecule has 0 unspecified atom stereocenters. The van der Waals surface area contributed by atoms with Gasteiger partial charge in [0.05, 0.1) is 13.5 Å². The third kappa shape index (κ3) is 4.58. The average molecular weight is 317 g/mol. The number of aliphatic carboxylic acids is 1. The molecule has 5 heteroatoms. The number of benzene rings is 1. The molecule has 1 N–H and O–H groups in total. The van der Waals surface area contributed by atoms with Crippen molar-refractivity contribution in [1.29, 1.82) is 0 Å². The van der Waals surface area contributed by atoms with Gasteiger partial charge in [-0.1, -0.05) is 13.8 Å². The molecule has 0 spiro atoms. The fourth-order valence-electron chi connectivity index (χ4n) is 2.86. The van der Waals surface area contributed by atoms with E-state index in [2.05, 4.69) is 13.8 Å². The van der Waals surface area contributed by atoms with Gasteiger partial charge in [-0.3, -0.25) is 9.59 Å². The van der Waals surface area contributed by atoms with Crippen molar-refractivity contribution >= 4 is 11.8 Å². The molecule has 1 aliphatic heterocycles. The van der Waals surface area contributed by atoms with Crippen LogP contribution in [0.2, 0.25) is 0 Å². The second-order valence-electron chi connectivity index (χ2n) is 6.63. The Morgan fingerprint density at radius 2 is 1.96 bits per heavy atom. The smallest absolute Gasteiger partial charge is 0.305 e. The van der Waals surface area contributed by atoms with Gasteiger partial charge in [0.1, 0.15) is 5.75 Å². The van der Waals surface area contributed by atoms with Crippen LogP contribution < -0.4 is 4.74 Å². The lowest BCUT2D eigenvalue weighted by atomic mass is 9.92. The van der Waals surface area contributed by atoms with Crippen molar-refractivity contribution in [3.8, 4) is 5.75 Å². The lowest BCUT2D eigenvalue weighted by molar-refractivity contribution is -0.137. The Bertz CT molecular complexity index is 616. The predicted molar refractivity (Wildman–Crippen MR) is 87.6 cm³/mol. The lowest BCUT2D eigenvalue weighted by Crippen LogP contribution is -2.25. The van der Waals surface area contributed by atoms with Crippen LogP contribution in [0.4, 0.5) is 0 Å². The maximum absolute atomic E-state index is 12.4. The molecule has 1 aromatic rings. The standard InChI is InChI=1S/C18H23NO4/c1-18(2)11-14(19(12-18)9-8-17(21)22)10-16(20)13-4-6-15(23-3)7-5-13/h4-7,10H,8-9,11-12H2,1-3H3,(H,21,22)/b14-10+. The topological polar surface area (TPSA) is 66.8 Å². The number of methoxy groups -OCH3 is 1. The van der Waals surface area contributed by atoms with Crippen molar-refractivity contribution in [2.45, 2.75) is 26.7 Å². The number of allylic oxidation sites excluding steroid dienone is 2. The number of nitrogens with zero attached hydrogens (tertiary/aromatic N) is 1. The van der Waals surface area contributed by atoms with E-state index in [9.17, 15) is 9.59 Å². The summed E-state index contributed by atoms with van der Waals surface area (Å²) in [5, 5.41) is 8.87. The number of hydrogen-bond donors (Lipinski definition) is 1. The first-order valence-electron chi connectivity index (χ1n) is 7.66. The molecule has 1 fully saturated rings. The molecule has 0 aromatic heterocycles. The van der Waals surface area contributed by atoms with Crippen LogP contribution in [0.25, 0.3) is 0 Å². The maximum Gasteiger partial charge on any atom is 0.305 e. The molecule has 0 atom stereocenters. The molecule has 124 valence electrons. The van der Waals surface area contributed by atoms with Crippen molar-refractivity contribution in [3.05, 3.63) is 41.6 Å². The highest BCUT2D eigenvalue weighted by molar-refractivity contribution is 6.05. The highest BCUT2D eigenvalue weighted by atomic mass is 16.5. The van der Waals surface area contributed by atoms with Gasteiger partial charge in [-0.25, -0.2) is 0 Å². The van der Waals surface area contributed by atoms with E-state index in [0.29, 0.717) is 17.9 Å². The molecule has 1 heterocycles. The van der Waals surface area contributed by atoms with Crippen LogP contribution in [0.1, 0.15) is 37.0 Å². The second-order valence-corrected chi connectivity index (χ2v) is 6.63. The molecule has 0 bridgehead atoms. The molecule has 0 radical (unpaired) electrons. The van der Waals surface area contributed by atoms with Crippen molar-refractivity contribution in [2.24, 2.45) is 5.41 Å². The van der Waals surface area contributed by atoms with Gasteiger partial charge < -0.3 is 14.7 Å². The Hall–Kier alpha value is -2.30. The number of rotatable bonds is 6. The maximum atomic E-state index is 12.4. The van der Waals surface area contributed by atoms with E-state index in [1.54, 1.807) is 37.5 Å². The van der Waals surface area contributed by atoms with Gasteiger partial charge in [0.2, 0.25) is 0 Å². The Labute approximate surface area is 136 Å². The third-order valence-electron chi connectivity index (χ3n) is 3.95. The van der Waals surface area contributed by atoms with Gasteiger partial charge in [0, 0.05) is 30.4 Å². The van der Waals surface area contributed by atoms with Gasteiger partial charge >= 0.3 is 5.97 Å². The van der Waals surface area contributed by atoms with Crippen molar-refractivity contribution in [3.63, 3.8) is 0 Å². The van der Waals surface area contributed by atoms with E-state index in [0.717, 1.165) is 18.7 Å². The van der Waals surface area contributed by atoms with Crippen molar-refractivity contribution < 1.29 is 19.4 Å². The number of ether oxygens (including phenoxy) is 1. The molecule has 1 saturated heterocycles. The van der Waals surface area contributed by atoms with Crippen molar-refractivity contribution in [1.82, 2.24) is 4.90 Å². The quantitative estimate of drug-likeness (QED) is 0.645. The van der Waals surface area contributed by atoms with Gasteiger partial charge in [-0.2, -0.15) is 0 Å². The fraction of sp³-hybridized carbons (Fsp3) is 0.444. The SMILES string of the molecule is COc1ccc(C(=O)/C=C2\CC(C)(C)CN2CCC(=O)O)cc1. The number of likely N-dealkylation sites (tertiary alicyclic amines) is 1. The minimum absolute atomic E-state index is 0.0462.